The van der Waals surface area contributed by atoms with Crippen LogP contribution in [0.3, 0.4) is 0 Å². The van der Waals surface area contributed by atoms with Gasteiger partial charge < -0.3 is 15.0 Å². The summed E-state index contributed by atoms with van der Waals surface area (Å²) >= 11 is 5.98. The molecule has 2 aromatic heterocycles. The van der Waals surface area contributed by atoms with Crippen LogP contribution in [-0.2, 0) is 6.54 Å². The molecule has 156 valence electrons. The van der Waals surface area contributed by atoms with Crippen molar-refractivity contribution in [2.45, 2.75) is 19.5 Å². The van der Waals surface area contributed by atoms with E-state index in [2.05, 4.69) is 10.3 Å². The molecule has 0 aliphatic rings. The van der Waals surface area contributed by atoms with E-state index in [-0.39, 0.29) is 17.5 Å². The number of carboxylic acid groups (broad SMARTS) is 1. The molecule has 0 radical (unpaired) electrons. The van der Waals surface area contributed by atoms with E-state index in [1.165, 1.54) is 12.1 Å². The van der Waals surface area contributed by atoms with Gasteiger partial charge in [-0.2, -0.15) is 0 Å². The highest BCUT2D eigenvalue weighted by Gasteiger charge is 2.17. The average molecular weight is 434 g/mol. The second-order valence-electron chi connectivity index (χ2n) is 7.32. The molecule has 4 aromatic rings. The molecule has 4 rings (SSSR count). The van der Waals surface area contributed by atoms with Crippen LogP contribution in [0, 0.1) is 0 Å². The number of aromatic nitrogens is 2. The topological polar surface area (TPSA) is 84.2 Å². The van der Waals surface area contributed by atoms with Gasteiger partial charge in [-0.1, -0.05) is 35.9 Å². The van der Waals surface area contributed by atoms with Crippen LogP contribution in [0.1, 0.15) is 44.8 Å². The minimum atomic E-state index is -0.984. The maximum Gasteiger partial charge on any atom is 0.335 e. The monoisotopic (exact) mass is 433 g/mol. The van der Waals surface area contributed by atoms with Crippen molar-refractivity contribution < 1.29 is 14.7 Å². The lowest BCUT2D eigenvalue weighted by Gasteiger charge is -2.16. The van der Waals surface area contributed by atoms with Crippen molar-refractivity contribution in [3.05, 3.63) is 100 Å². The third kappa shape index (κ3) is 4.44. The smallest absolute Gasteiger partial charge is 0.335 e. The van der Waals surface area contributed by atoms with Crippen LogP contribution in [0.2, 0.25) is 5.02 Å². The molecule has 0 bridgehead atoms. The number of nitrogens with one attached hydrogen (secondary N) is 1. The first-order chi connectivity index (χ1) is 14.9. The highest BCUT2D eigenvalue weighted by molar-refractivity contribution is 6.30. The Morgan fingerprint density at radius 1 is 1.06 bits per heavy atom. The second kappa shape index (κ2) is 8.62. The molecule has 0 aliphatic carbocycles. The van der Waals surface area contributed by atoms with Gasteiger partial charge in [0.1, 0.15) is 0 Å². The predicted octanol–water partition coefficient (Wildman–Crippen LogP) is 4.93. The fraction of sp³-hybridized carbons (Fsp3) is 0.125. The fourth-order valence-corrected chi connectivity index (χ4v) is 3.64. The largest absolute Gasteiger partial charge is 0.478 e. The summed E-state index contributed by atoms with van der Waals surface area (Å²) in [6.07, 6.45) is 5.24. The maximum atomic E-state index is 13.1. The number of carboxylic acids is 1. The van der Waals surface area contributed by atoms with E-state index in [0.717, 1.165) is 22.0 Å². The summed E-state index contributed by atoms with van der Waals surface area (Å²) in [7, 11) is 0. The van der Waals surface area contributed by atoms with Crippen molar-refractivity contribution in [2.75, 3.05) is 0 Å². The average Bonchev–Trinajstić information content (AvgIpc) is 3.18. The lowest BCUT2D eigenvalue weighted by atomic mass is 10.1. The summed E-state index contributed by atoms with van der Waals surface area (Å²) in [6.45, 7) is 2.45. The van der Waals surface area contributed by atoms with Crippen molar-refractivity contribution in [1.82, 2.24) is 14.9 Å². The Bertz CT molecular complexity index is 1250. The molecule has 2 aromatic carbocycles. The lowest BCUT2D eigenvalue weighted by Crippen LogP contribution is -2.27. The van der Waals surface area contributed by atoms with Crippen molar-refractivity contribution in [3.63, 3.8) is 0 Å². The van der Waals surface area contributed by atoms with Crippen LogP contribution in [0.5, 0.6) is 0 Å². The van der Waals surface area contributed by atoms with Gasteiger partial charge >= 0.3 is 5.97 Å². The van der Waals surface area contributed by atoms with Gasteiger partial charge in [0.25, 0.3) is 5.91 Å². The molecule has 0 aliphatic heterocycles. The van der Waals surface area contributed by atoms with Crippen LogP contribution in [0.15, 0.2) is 73.2 Å². The van der Waals surface area contributed by atoms with Crippen molar-refractivity contribution in [1.29, 1.82) is 0 Å². The number of carbonyl (C=O) groups excluding carboxylic acids is 1. The number of hydrogen-bond acceptors (Lipinski definition) is 3. The molecule has 2 N–H and O–H groups in total. The first-order valence-corrected chi connectivity index (χ1v) is 10.1. The molecule has 0 spiro atoms. The summed E-state index contributed by atoms with van der Waals surface area (Å²) in [4.78, 5) is 28.3. The van der Waals surface area contributed by atoms with E-state index in [1.807, 2.05) is 48.0 Å². The van der Waals surface area contributed by atoms with Crippen molar-refractivity contribution >= 4 is 34.4 Å². The Morgan fingerprint density at radius 3 is 2.45 bits per heavy atom. The van der Waals surface area contributed by atoms with E-state index in [1.54, 1.807) is 24.5 Å². The standard InChI is InChI=1S/C24H20ClN3O3/c1-15(17-4-6-18(7-5-17)24(30)31)27-23(29)21-13-26-12-19-10-11-28(22(19)21)14-16-2-8-20(25)9-3-16/h2-13,15H,14H2,1H3,(H,27,29)(H,30,31)/t15-/m0/s1. The van der Waals surface area contributed by atoms with Gasteiger partial charge in [0.2, 0.25) is 0 Å². The van der Waals surface area contributed by atoms with Gasteiger partial charge in [0, 0.05) is 35.5 Å². The Morgan fingerprint density at radius 2 is 1.77 bits per heavy atom. The van der Waals surface area contributed by atoms with Crippen molar-refractivity contribution in [3.8, 4) is 0 Å². The number of carbonyl (C=O) groups is 2. The maximum absolute atomic E-state index is 13.1. The second-order valence-corrected chi connectivity index (χ2v) is 7.75. The van der Waals surface area contributed by atoms with Gasteiger partial charge in [-0.25, -0.2) is 4.79 Å². The number of pyridine rings is 1. The van der Waals surface area contributed by atoms with E-state index in [9.17, 15) is 9.59 Å². The number of rotatable bonds is 6. The van der Waals surface area contributed by atoms with E-state index >= 15 is 0 Å². The zero-order chi connectivity index (χ0) is 22.0. The molecular weight excluding hydrogens is 414 g/mol. The minimum Gasteiger partial charge on any atom is -0.478 e. The van der Waals surface area contributed by atoms with Crippen LogP contribution in [-0.4, -0.2) is 26.5 Å². The van der Waals surface area contributed by atoms with Gasteiger partial charge in [0.15, 0.2) is 0 Å². The molecule has 1 atom stereocenters. The van der Waals surface area contributed by atoms with Crippen LogP contribution in [0.4, 0.5) is 0 Å². The number of halogens is 1. The molecule has 0 saturated carbocycles. The number of benzene rings is 2. The Kier molecular flexibility index (Phi) is 5.73. The predicted molar refractivity (Wildman–Crippen MR) is 120 cm³/mol. The number of nitrogens with zero attached hydrogens (tertiary/aromatic N) is 2. The fourth-order valence-electron chi connectivity index (χ4n) is 3.51. The molecule has 1 amide bonds. The van der Waals surface area contributed by atoms with Crippen LogP contribution < -0.4 is 5.32 Å². The Balaban J connectivity index is 1.59. The molecule has 0 fully saturated rings. The van der Waals surface area contributed by atoms with Gasteiger partial charge in [-0.05, 0) is 48.4 Å². The summed E-state index contributed by atoms with van der Waals surface area (Å²) in [5, 5.41) is 13.6. The molecule has 2 heterocycles. The first-order valence-electron chi connectivity index (χ1n) is 9.74. The number of amides is 1. The SMILES string of the molecule is C[C@H](NC(=O)c1cncc2ccn(Cc3ccc(Cl)cc3)c12)c1ccc(C(=O)O)cc1. The molecule has 0 saturated heterocycles. The van der Waals surface area contributed by atoms with Gasteiger partial charge in [0.05, 0.1) is 22.7 Å². The van der Waals surface area contributed by atoms with E-state index < -0.39 is 5.97 Å². The summed E-state index contributed by atoms with van der Waals surface area (Å²) in [6, 6.07) is 15.7. The molecule has 6 nitrogen and oxygen atoms in total. The van der Waals surface area contributed by atoms with Crippen LogP contribution in [0.25, 0.3) is 10.9 Å². The number of hydrogen-bond donors (Lipinski definition) is 2. The first kappa shape index (κ1) is 20.6. The highest BCUT2D eigenvalue weighted by atomic mass is 35.5. The molecule has 31 heavy (non-hydrogen) atoms. The van der Waals surface area contributed by atoms with Gasteiger partial charge in [-0.3, -0.25) is 9.78 Å². The summed E-state index contributed by atoms with van der Waals surface area (Å²) in [5.41, 5.74) is 3.37. The number of aromatic carboxylic acids is 1. The zero-order valence-corrected chi connectivity index (χ0v) is 17.5. The van der Waals surface area contributed by atoms with Gasteiger partial charge in [-0.15, -0.1) is 0 Å². The number of fused-ring (bicyclic) bond motifs is 1. The van der Waals surface area contributed by atoms with E-state index in [4.69, 9.17) is 16.7 Å². The van der Waals surface area contributed by atoms with Crippen molar-refractivity contribution in [2.24, 2.45) is 0 Å². The normalized spacial score (nSPS) is 11.9. The minimum absolute atomic E-state index is 0.205. The molecule has 0 unspecified atom stereocenters. The molecular formula is C24H20ClN3O3. The third-order valence-corrected chi connectivity index (χ3v) is 5.44. The van der Waals surface area contributed by atoms with Crippen LogP contribution >= 0.6 is 11.6 Å². The Labute approximate surface area is 184 Å². The quantitative estimate of drug-likeness (QED) is 0.451. The summed E-state index contributed by atoms with van der Waals surface area (Å²) in [5.74, 6) is -1.23. The zero-order valence-electron chi connectivity index (χ0n) is 16.7. The summed E-state index contributed by atoms with van der Waals surface area (Å²) < 4.78 is 2.02. The Hall–Kier alpha value is -3.64. The third-order valence-electron chi connectivity index (χ3n) is 5.18. The van der Waals surface area contributed by atoms with E-state index in [0.29, 0.717) is 17.1 Å². The lowest BCUT2D eigenvalue weighted by molar-refractivity contribution is 0.0696. The highest BCUT2D eigenvalue weighted by Crippen LogP contribution is 2.22. The molecule has 7 heteroatoms.